The van der Waals surface area contributed by atoms with E-state index < -0.39 is 24.2 Å². The molecule has 1 aromatic heterocycles. The van der Waals surface area contributed by atoms with E-state index in [0.29, 0.717) is 12.0 Å². The molecule has 2 rings (SSSR count). The largest absolute Gasteiger partial charge is 0.408 e. The highest BCUT2D eigenvalue weighted by atomic mass is 19.4. The van der Waals surface area contributed by atoms with E-state index in [2.05, 4.69) is 10.3 Å². The van der Waals surface area contributed by atoms with Gasteiger partial charge in [0.1, 0.15) is 6.04 Å². The number of rotatable bonds is 3. The summed E-state index contributed by atoms with van der Waals surface area (Å²) in [4.78, 5) is 28.7. The third-order valence-corrected chi connectivity index (χ3v) is 4.23. The van der Waals surface area contributed by atoms with Crippen molar-refractivity contribution in [3.05, 3.63) is 29.6 Å². The van der Waals surface area contributed by atoms with Gasteiger partial charge < -0.3 is 10.2 Å². The minimum Gasteiger partial charge on any atom is -0.348 e. The number of nitrogens with zero attached hydrogens (tertiary/aromatic N) is 2. The first kappa shape index (κ1) is 18.2. The summed E-state index contributed by atoms with van der Waals surface area (Å²) in [5.41, 5.74) is 1.22. The first-order valence-corrected chi connectivity index (χ1v) is 7.81. The number of nitrogens with one attached hydrogen (secondary N) is 1. The van der Waals surface area contributed by atoms with Crippen molar-refractivity contribution >= 4 is 11.8 Å². The fraction of sp³-hybridized carbons (Fsp3) is 0.562. The Kier molecular flexibility index (Phi) is 5.46. The van der Waals surface area contributed by atoms with Crippen molar-refractivity contribution in [2.75, 3.05) is 6.54 Å². The van der Waals surface area contributed by atoms with Gasteiger partial charge in [0, 0.05) is 37.5 Å². The average Bonchev–Trinajstić information content (AvgIpc) is 2.53. The van der Waals surface area contributed by atoms with Gasteiger partial charge in [-0.2, -0.15) is 13.2 Å². The van der Waals surface area contributed by atoms with E-state index in [1.807, 2.05) is 6.92 Å². The van der Waals surface area contributed by atoms with Crippen molar-refractivity contribution < 1.29 is 22.8 Å². The molecule has 1 aromatic rings. The van der Waals surface area contributed by atoms with Crippen molar-refractivity contribution in [3.8, 4) is 0 Å². The lowest BCUT2D eigenvalue weighted by molar-refractivity contribution is -0.196. The zero-order valence-electron chi connectivity index (χ0n) is 13.6. The first-order valence-electron chi connectivity index (χ1n) is 7.81. The number of halogens is 3. The molecule has 1 fully saturated rings. The number of likely N-dealkylation sites (tertiary alicyclic amines) is 1. The van der Waals surface area contributed by atoms with Crippen LogP contribution in [0.25, 0.3) is 0 Å². The van der Waals surface area contributed by atoms with Crippen LogP contribution in [-0.4, -0.2) is 46.5 Å². The van der Waals surface area contributed by atoms with Gasteiger partial charge in [0.25, 0.3) is 5.91 Å². The monoisotopic (exact) mass is 343 g/mol. The van der Waals surface area contributed by atoms with Crippen LogP contribution in [0.15, 0.2) is 18.5 Å². The van der Waals surface area contributed by atoms with Gasteiger partial charge in [0.2, 0.25) is 5.91 Å². The van der Waals surface area contributed by atoms with Gasteiger partial charge in [-0.1, -0.05) is 6.92 Å². The van der Waals surface area contributed by atoms with Crippen molar-refractivity contribution in [2.45, 2.75) is 51.4 Å². The Hall–Kier alpha value is -2.12. The molecule has 0 aliphatic carbocycles. The van der Waals surface area contributed by atoms with Crippen molar-refractivity contribution in [3.63, 3.8) is 0 Å². The number of hydrogen-bond acceptors (Lipinski definition) is 3. The number of carbonyl (C=O) groups is 2. The zero-order valence-corrected chi connectivity index (χ0v) is 13.6. The molecule has 1 N–H and O–H groups in total. The molecule has 0 saturated carbocycles. The number of carbonyl (C=O) groups excluding carboxylic acids is 2. The van der Waals surface area contributed by atoms with Crippen LogP contribution in [-0.2, 0) is 11.2 Å². The van der Waals surface area contributed by atoms with E-state index in [1.54, 1.807) is 12.3 Å². The highest BCUT2D eigenvalue weighted by Gasteiger charge is 2.47. The molecule has 1 aliphatic rings. The Labute approximate surface area is 138 Å². The molecule has 1 saturated heterocycles. The maximum atomic E-state index is 13.0. The number of piperidine rings is 1. The highest BCUT2D eigenvalue weighted by molar-refractivity contribution is 5.95. The minimum atomic E-state index is -4.46. The Balaban J connectivity index is 2.09. The summed E-state index contributed by atoms with van der Waals surface area (Å²) in [6.45, 7) is 2.86. The number of alkyl halides is 3. The second-order valence-corrected chi connectivity index (χ2v) is 5.86. The number of aromatic nitrogens is 1. The maximum absolute atomic E-state index is 13.0. The summed E-state index contributed by atoms with van der Waals surface area (Å²) in [6, 6.07) is -0.703. The van der Waals surface area contributed by atoms with Gasteiger partial charge >= 0.3 is 6.18 Å². The molecule has 1 aliphatic heterocycles. The Bertz CT molecular complexity index is 619. The standard InChI is InChI=1S/C16H20F3N3O2/c1-3-11-8-20-7-6-13(11)15(24)21-12-4-5-14(16(17,18)19)22(9-12)10(2)23/h6-8,12,14H,3-5,9H2,1-2H3,(H,21,24)/t12-,14+/m0/s1. The van der Waals surface area contributed by atoms with Gasteiger partial charge in [-0.15, -0.1) is 0 Å². The van der Waals surface area contributed by atoms with Crippen LogP contribution in [0.1, 0.15) is 42.6 Å². The molecule has 2 heterocycles. The van der Waals surface area contributed by atoms with Crippen LogP contribution in [0, 0.1) is 0 Å². The van der Waals surface area contributed by atoms with Gasteiger partial charge in [0.15, 0.2) is 0 Å². The van der Waals surface area contributed by atoms with Crippen LogP contribution in [0.5, 0.6) is 0 Å². The fourth-order valence-corrected chi connectivity index (χ4v) is 2.97. The minimum absolute atomic E-state index is 0.141. The first-order chi connectivity index (χ1) is 11.2. The molecule has 2 atom stereocenters. The molecule has 5 nitrogen and oxygen atoms in total. The predicted molar refractivity (Wildman–Crippen MR) is 81.3 cm³/mol. The van der Waals surface area contributed by atoms with E-state index in [0.717, 1.165) is 17.4 Å². The number of hydrogen-bond donors (Lipinski definition) is 1. The third kappa shape index (κ3) is 4.04. The number of aryl methyl sites for hydroxylation is 1. The topological polar surface area (TPSA) is 62.3 Å². The SMILES string of the molecule is CCc1cnccc1C(=O)N[C@H]1CC[C@H](C(F)(F)F)N(C(C)=O)C1. The Morgan fingerprint density at radius 1 is 1.38 bits per heavy atom. The second kappa shape index (κ2) is 7.19. The lowest BCUT2D eigenvalue weighted by atomic mass is 9.97. The second-order valence-electron chi connectivity index (χ2n) is 5.86. The third-order valence-electron chi connectivity index (χ3n) is 4.23. The quantitative estimate of drug-likeness (QED) is 0.916. The maximum Gasteiger partial charge on any atom is 0.408 e. The molecular weight excluding hydrogens is 323 g/mol. The van der Waals surface area contributed by atoms with E-state index in [9.17, 15) is 22.8 Å². The van der Waals surface area contributed by atoms with Crippen LogP contribution in [0.2, 0.25) is 0 Å². The average molecular weight is 343 g/mol. The summed E-state index contributed by atoms with van der Waals surface area (Å²) in [5.74, 6) is -0.998. The fourth-order valence-electron chi connectivity index (χ4n) is 2.97. The number of pyridine rings is 1. The number of amides is 2. The lowest BCUT2D eigenvalue weighted by Crippen LogP contribution is -2.57. The molecule has 8 heteroatoms. The van der Waals surface area contributed by atoms with E-state index in [1.165, 1.54) is 6.20 Å². The smallest absolute Gasteiger partial charge is 0.348 e. The molecule has 132 valence electrons. The zero-order chi connectivity index (χ0) is 17.9. The van der Waals surface area contributed by atoms with Crippen molar-refractivity contribution in [2.24, 2.45) is 0 Å². The summed E-state index contributed by atoms with van der Waals surface area (Å²) >= 11 is 0. The molecule has 0 spiro atoms. The molecule has 0 aromatic carbocycles. The lowest BCUT2D eigenvalue weighted by Gasteiger charge is -2.40. The summed E-state index contributed by atoms with van der Waals surface area (Å²) in [6.07, 6.45) is -0.788. The van der Waals surface area contributed by atoms with Crippen LogP contribution >= 0.6 is 0 Å². The van der Waals surface area contributed by atoms with E-state index in [-0.39, 0.29) is 25.3 Å². The highest BCUT2D eigenvalue weighted by Crippen LogP contribution is 2.32. The molecule has 24 heavy (non-hydrogen) atoms. The summed E-state index contributed by atoms with van der Waals surface area (Å²) in [5, 5.41) is 2.74. The summed E-state index contributed by atoms with van der Waals surface area (Å²) < 4.78 is 39.1. The molecule has 0 bridgehead atoms. The molecule has 2 amide bonds. The van der Waals surface area contributed by atoms with Crippen LogP contribution in [0.4, 0.5) is 13.2 Å². The molecule has 0 radical (unpaired) electrons. The normalized spacial score (nSPS) is 21.5. The van der Waals surface area contributed by atoms with E-state index in [4.69, 9.17) is 0 Å². The van der Waals surface area contributed by atoms with Crippen molar-refractivity contribution in [1.29, 1.82) is 0 Å². The van der Waals surface area contributed by atoms with Gasteiger partial charge in [-0.25, -0.2) is 0 Å². The predicted octanol–water partition coefficient (Wildman–Crippen LogP) is 2.32. The van der Waals surface area contributed by atoms with Gasteiger partial charge in [-0.05, 0) is 30.9 Å². The molecular formula is C16H20F3N3O2. The Morgan fingerprint density at radius 3 is 2.67 bits per heavy atom. The van der Waals surface area contributed by atoms with E-state index >= 15 is 0 Å². The van der Waals surface area contributed by atoms with Crippen molar-refractivity contribution in [1.82, 2.24) is 15.2 Å². The Morgan fingerprint density at radius 2 is 2.08 bits per heavy atom. The van der Waals surface area contributed by atoms with Gasteiger partial charge in [-0.3, -0.25) is 14.6 Å². The van der Waals surface area contributed by atoms with Gasteiger partial charge in [0.05, 0.1) is 0 Å². The summed E-state index contributed by atoms with van der Waals surface area (Å²) in [7, 11) is 0. The van der Waals surface area contributed by atoms with Crippen LogP contribution < -0.4 is 5.32 Å². The van der Waals surface area contributed by atoms with Crippen LogP contribution in [0.3, 0.4) is 0 Å². The molecule has 0 unspecified atom stereocenters.